The summed E-state index contributed by atoms with van der Waals surface area (Å²) >= 11 is 0. The first kappa shape index (κ1) is 13.6. The molecule has 0 radical (unpaired) electrons. The highest BCUT2D eigenvalue weighted by Gasteiger charge is 2.43. The van der Waals surface area contributed by atoms with E-state index in [1.54, 1.807) is 0 Å². The summed E-state index contributed by atoms with van der Waals surface area (Å²) in [6, 6.07) is 7.74. The van der Waals surface area contributed by atoms with Crippen LogP contribution >= 0.6 is 0 Å². The molecule has 0 N–H and O–H groups in total. The number of hydrogen-bond donors (Lipinski definition) is 0. The van der Waals surface area contributed by atoms with Gasteiger partial charge in [-0.15, -0.1) is 0 Å². The monoisotopic (exact) mass is 275 g/mol. The lowest BCUT2D eigenvalue weighted by molar-refractivity contribution is -0.189. The van der Waals surface area contributed by atoms with Crippen LogP contribution in [0, 0.1) is 6.92 Å². The molecule has 1 aromatic rings. The van der Waals surface area contributed by atoms with Crippen LogP contribution in [0.25, 0.3) is 0 Å². The van der Waals surface area contributed by atoms with E-state index in [0.29, 0.717) is 19.7 Å². The van der Waals surface area contributed by atoms with Crippen molar-refractivity contribution in [3.63, 3.8) is 0 Å². The molecule has 0 aliphatic carbocycles. The van der Waals surface area contributed by atoms with E-state index in [9.17, 15) is 4.79 Å². The number of likely N-dealkylation sites (tertiary alicyclic amines) is 1. The van der Waals surface area contributed by atoms with Gasteiger partial charge in [0.05, 0.1) is 12.7 Å². The van der Waals surface area contributed by atoms with Crippen LogP contribution in [0.2, 0.25) is 0 Å². The molecule has 2 fully saturated rings. The maximum absolute atomic E-state index is 12.5. The van der Waals surface area contributed by atoms with Gasteiger partial charge < -0.3 is 14.4 Å². The molecule has 4 heteroatoms. The fourth-order valence-electron chi connectivity index (χ4n) is 3.00. The van der Waals surface area contributed by atoms with Crippen molar-refractivity contribution in [1.82, 2.24) is 4.90 Å². The molecule has 1 unspecified atom stereocenters. The third kappa shape index (κ3) is 2.45. The number of carbonyl (C=O) groups is 1. The minimum atomic E-state index is -0.443. The molecular weight excluding hydrogens is 254 g/mol. The molecule has 1 aromatic carbocycles. The Bertz CT molecular complexity index is 506. The van der Waals surface area contributed by atoms with E-state index >= 15 is 0 Å². The van der Waals surface area contributed by atoms with Crippen molar-refractivity contribution in [3.05, 3.63) is 35.4 Å². The zero-order valence-corrected chi connectivity index (χ0v) is 12.1. The van der Waals surface area contributed by atoms with Crippen LogP contribution in [0.3, 0.4) is 0 Å². The second-order valence-corrected chi connectivity index (χ2v) is 5.76. The standard InChI is InChI=1S/C16H21NO3/c1-12-5-3-4-6-14(12)15(18)17-9-7-16(8-10-17)19-11-13(2)20-16/h3-6,13H,7-11H2,1-2H3. The van der Waals surface area contributed by atoms with Crippen molar-refractivity contribution in [2.75, 3.05) is 19.7 Å². The van der Waals surface area contributed by atoms with Crippen molar-refractivity contribution in [2.45, 2.75) is 38.6 Å². The molecule has 2 saturated heterocycles. The summed E-state index contributed by atoms with van der Waals surface area (Å²) < 4.78 is 11.7. The van der Waals surface area contributed by atoms with Gasteiger partial charge in [0.25, 0.3) is 5.91 Å². The van der Waals surface area contributed by atoms with E-state index in [2.05, 4.69) is 0 Å². The van der Waals surface area contributed by atoms with E-state index in [4.69, 9.17) is 9.47 Å². The predicted molar refractivity (Wildman–Crippen MR) is 75.5 cm³/mol. The summed E-state index contributed by atoms with van der Waals surface area (Å²) in [6.07, 6.45) is 1.68. The number of nitrogens with zero attached hydrogens (tertiary/aromatic N) is 1. The zero-order chi connectivity index (χ0) is 14.2. The van der Waals surface area contributed by atoms with Crippen LogP contribution in [-0.2, 0) is 9.47 Å². The molecule has 2 aliphatic rings. The minimum Gasteiger partial charge on any atom is -0.347 e. The summed E-state index contributed by atoms with van der Waals surface area (Å²) in [6.45, 7) is 6.05. The number of amides is 1. The van der Waals surface area contributed by atoms with Crippen molar-refractivity contribution < 1.29 is 14.3 Å². The molecule has 0 saturated carbocycles. The van der Waals surface area contributed by atoms with Crippen molar-refractivity contribution in [1.29, 1.82) is 0 Å². The molecule has 1 atom stereocenters. The van der Waals surface area contributed by atoms with Crippen LogP contribution in [0.5, 0.6) is 0 Å². The molecule has 20 heavy (non-hydrogen) atoms. The quantitative estimate of drug-likeness (QED) is 0.790. The first-order chi connectivity index (χ1) is 9.60. The molecule has 2 aliphatic heterocycles. The highest BCUT2D eigenvalue weighted by atomic mass is 16.7. The smallest absolute Gasteiger partial charge is 0.254 e. The third-order valence-electron chi connectivity index (χ3n) is 4.18. The largest absolute Gasteiger partial charge is 0.347 e. The van der Waals surface area contributed by atoms with Crippen LogP contribution in [0.15, 0.2) is 24.3 Å². The molecule has 2 heterocycles. The number of ether oxygens (including phenoxy) is 2. The van der Waals surface area contributed by atoms with Gasteiger partial charge in [-0.2, -0.15) is 0 Å². The maximum atomic E-state index is 12.5. The zero-order valence-electron chi connectivity index (χ0n) is 12.1. The van der Waals surface area contributed by atoms with Crippen molar-refractivity contribution in [3.8, 4) is 0 Å². The molecule has 108 valence electrons. The molecule has 1 amide bonds. The summed E-state index contributed by atoms with van der Waals surface area (Å²) in [5.41, 5.74) is 1.82. The van der Waals surface area contributed by atoms with Gasteiger partial charge in [0.2, 0.25) is 0 Å². The summed E-state index contributed by atoms with van der Waals surface area (Å²) in [7, 11) is 0. The van der Waals surface area contributed by atoms with E-state index < -0.39 is 5.79 Å². The minimum absolute atomic E-state index is 0.115. The number of aryl methyl sites for hydroxylation is 1. The van der Waals surface area contributed by atoms with Gasteiger partial charge in [-0.25, -0.2) is 0 Å². The average molecular weight is 275 g/mol. The van der Waals surface area contributed by atoms with Crippen LogP contribution in [0.4, 0.5) is 0 Å². The number of benzene rings is 1. The van der Waals surface area contributed by atoms with Gasteiger partial charge in [0.1, 0.15) is 0 Å². The first-order valence-electron chi connectivity index (χ1n) is 7.26. The Hall–Kier alpha value is -1.39. The molecule has 4 nitrogen and oxygen atoms in total. The maximum Gasteiger partial charge on any atom is 0.254 e. The highest BCUT2D eigenvalue weighted by Crippen LogP contribution is 2.34. The number of piperidine rings is 1. The van der Waals surface area contributed by atoms with E-state index in [1.165, 1.54) is 0 Å². The lowest BCUT2D eigenvalue weighted by Crippen LogP contribution is -2.47. The Morgan fingerprint density at radius 2 is 2.00 bits per heavy atom. The van der Waals surface area contributed by atoms with Crippen molar-refractivity contribution in [2.24, 2.45) is 0 Å². The Kier molecular flexibility index (Phi) is 3.52. The molecular formula is C16H21NO3. The van der Waals surface area contributed by atoms with E-state index in [1.807, 2.05) is 43.0 Å². The van der Waals surface area contributed by atoms with Gasteiger partial charge in [0.15, 0.2) is 5.79 Å². The number of hydrogen-bond acceptors (Lipinski definition) is 3. The molecule has 1 spiro atoms. The summed E-state index contributed by atoms with van der Waals surface area (Å²) in [5, 5.41) is 0. The first-order valence-corrected chi connectivity index (χ1v) is 7.26. The van der Waals surface area contributed by atoms with Crippen LogP contribution < -0.4 is 0 Å². The Labute approximate surface area is 119 Å². The fourth-order valence-corrected chi connectivity index (χ4v) is 3.00. The molecule has 3 rings (SSSR count). The normalized spacial score (nSPS) is 25.1. The number of rotatable bonds is 1. The Morgan fingerprint density at radius 3 is 2.60 bits per heavy atom. The average Bonchev–Trinajstić information content (AvgIpc) is 2.81. The van der Waals surface area contributed by atoms with E-state index in [-0.39, 0.29) is 12.0 Å². The van der Waals surface area contributed by atoms with E-state index in [0.717, 1.165) is 24.0 Å². The van der Waals surface area contributed by atoms with Crippen LogP contribution in [0.1, 0.15) is 35.7 Å². The lowest BCUT2D eigenvalue weighted by Gasteiger charge is -2.38. The Morgan fingerprint density at radius 1 is 1.30 bits per heavy atom. The molecule has 0 bridgehead atoms. The van der Waals surface area contributed by atoms with Crippen molar-refractivity contribution >= 4 is 5.91 Å². The second-order valence-electron chi connectivity index (χ2n) is 5.76. The lowest BCUT2D eigenvalue weighted by atomic mass is 10.0. The third-order valence-corrected chi connectivity index (χ3v) is 4.18. The van der Waals surface area contributed by atoms with Gasteiger partial charge in [-0.1, -0.05) is 18.2 Å². The summed E-state index contributed by atoms with van der Waals surface area (Å²) in [5.74, 6) is -0.328. The fraction of sp³-hybridized carbons (Fsp3) is 0.562. The highest BCUT2D eigenvalue weighted by molar-refractivity contribution is 5.95. The van der Waals surface area contributed by atoms with Gasteiger partial charge >= 0.3 is 0 Å². The van der Waals surface area contributed by atoms with Crippen LogP contribution in [-0.4, -0.2) is 42.4 Å². The second kappa shape index (κ2) is 5.19. The van der Waals surface area contributed by atoms with Gasteiger partial charge in [-0.3, -0.25) is 4.79 Å². The van der Waals surface area contributed by atoms with Gasteiger partial charge in [-0.05, 0) is 25.5 Å². The summed E-state index contributed by atoms with van der Waals surface area (Å²) in [4.78, 5) is 14.4. The SMILES string of the molecule is Cc1ccccc1C(=O)N1CCC2(CC1)OCC(C)O2. The van der Waals surface area contributed by atoms with Gasteiger partial charge in [0, 0.05) is 31.5 Å². The topological polar surface area (TPSA) is 38.8 Å². The number of carbonyl (C=O) groups excluding carboxylic acids is 1. The predicted octanol–water partition coefficient (Wildman–Crippen LogP) is 2.36. The Balaban J connectivity index is 1.67. The molecule has 0 aromatic heterocycles.